The van der Waals surface area contributed by atoms with Gasteiger partial charge in [0, 0.05) is 6.54 Å². The Hall–Kier alpha value is -2.13. The summed E-state index contributed by atoms with van der Waals surface area (Å²) < 4.78 is 40.2. The lowest BCUT2D eigenvalue weighted by Crippen LogP contribution is -2.18. The number of sulfonamides is 1. The zero-order chi connectivity index (χ0) is 15.3. The lowest BCUT2D eigenvalue weighted by molar-refractivity contribution is 0.568. The van der Waals surface area contributed by atoms with Crippen molar-refractivity contribution >= 4 is 16.0 Å². The van der Waals surface area contributed by atoms with Crippen LogP contribution in [0.2, 0.25) is 0 Å². The minimum atomic E-state index is -4.11. The first-order valence-corrected chi connectivity index (χ1v) is 7.67. The minimum absolute atomic E-state index is 0.214. The molecule has 0 unspecified atom stereocenters. The first-order valence-electron chi connectivity index (χ1n) is 6.18. The SMILES string of the molecule is CCNCc1ccc(F)c(S(=O)(=O)Nc2nccnn2)c1. The molecule has 2 aromatic rings. The molecule has 2 N–H and O–H groups in total. The van der Waals surface area contributed by atoms with Crippen molar-refractivity contribution in [1.29, 1.82) is 0 Å². The van der Waals surface area contributed by atoms with Gasteiger partial charge in [0.05, 0.1) is 12.4 Å². The molecule has 0 radical (unpaired) electrons. The van der Waals surface area contributed by atoms with Crippen molar-refractivity contribution in [2.75, 3.05) is 11.3 Å². The number of rotatable bonds is 6. The fourth-order valence-electron chi connectivity index (χ4n) is 1.60. The highest BCUT2D eigenvalue weighted by molar-refractivity contribution is 7.92. The van der Waals surface area contributed by atoms with Crippen LogP contribution < -0.4 is 10.0 Å². The molecule has 0 bridgehead atoms. The van der Waals surface area contributed by atoms with Crippen molar-refractivity contribution in [2.24, 2.45) is 0 Å². The number of hydrogen-bond acceptors (Lipinski definition) is 6. The number of aromatic nitrogens is 3. The first-order chi connectivity index (χ1) is 10.0. The molecule has 1 aromatic heterocycles. The van der Waals surface area contributed by atoms with Crippen LogP contribution in [0.15, 0.2) is 35.5 Å². The van der Waals surface area contributed by atoms with Gasteiger partial charge >= 0.3 is 0 Å². The smallest absolute Gasteiger partial charge is 0.267 e. The van der Waals surface area contributed by atoms with Gasteiger partial charge in [-0.2, -0.15) is 5.10 Å². The van der Waals surface area contributed by atoms with E-state index in [-0.39, 0.29) is 5.95 Å². The summed E-state index contributed by atoms with van der Waals surface area (Å²) in [5.41, 5.74) is 0.658. The van der Waals surface area contributed by atoms with Crippen LogP contribution in [0.25, 0.3) is 0 Å². The highest BCUT2D eigenvalue weighted by Gasteiger charge is 2.20. The second-order valence-electron chi connectivity index (χ2n) is 4.12. The third kappa shape index (κ3) is 3.92. The van der Waals surface area contributed by atoms with Gasteiger partial charge in [0.1, 0.15) is 10.7 Å². The highest BCUT2D eigenvalue weighted by atomic mass is 32.2. The maximum Gasteiger partial charge on any atom is 0.267 e. The van der Waals surface area contributed by atoms with Crippen LogP contribution in [0, 0.1) is 5.82 Å². The predicted octanol–water partition coefficient (Wildman–Crippen LogP) is 0.921. The number of benzene rings is 1. The molecule has 2 rings (SSSR count). The van der Waals surface area contributed by atoms with Gasteiger partial charge in [-0.25, -0.2) is 22.5 Å². The van der Waals surface area contributed by atoms with Gasteiger partial charge < -0.3 is 5.32 Å². The van der Waals surface area contributed by atoms with Gasteiger partial charge in [-0.1, -0.05) is 13.0 Å². The lowest BCUT2D eigenvalue weighted by Gasteiger charge is -2.09. The van der Waals surface area contributed by atoms with Crippen LogP contribution in [0.1, 0.15) is 12.5 Å². The van der Waals surface area contributed by atoms with E-state index in [1.165, 1.54) is 24.5 Å². The zero-order valence-electron chi connectivity index (χ0n) is 11.2. The van der Waals surface area contributed by atoms with E-state index in [2.05, 4.69) is 25.2 Å². The molecule has 21 heavy (non-hydrogen) atoms. The quantitative estimate of drug-likeness (QED) is 0.823. The van der Waals surface area contributed by atoms with Gasteiger partial charge in [0.2, 0.25) is 0 Å². The molecule has 0 aliphatic heterocycles. The largest absolute Gasteiger partial charge is 0.313 e. The molecule has 0 saturated carbocycles. The van der Waals surface area contributed by atoms with Crippen molar-refractivity contribution in [2.45, 2.75) is 18.4 Å². The van der Waals surface area contributed by atoms with Crippen LogP contribution in [-0.4, -0.2) is 30.1 Å². The van der Waals surface area contributed by atoms with Gasteiger partial charge in [-0.3, -0.25) is 0 Å². The van der Waals surface area contributed by atoms with E-state index in [1.807, 2.05) is 6.92 Å². The third-order valence-electron chi connectivity index (χ3n) is 2.57. The predicted molar refractivity (Wildman–Crippen MR) is 74.4 cm³/mol. The molecule has 0 atom stereocenters. The Morgan fingerprint density at radius 3 is 2.76 bits per heavy atom. The normalized spacial score (nSPS) is 11.3. The molecular weight excluding hydrogens is 297 g/mol. The van der Waals surface area contributed by atoms with E-state index in [1.54, 1.807) is 0 Å². The number of halogens is 1. The molecule has 0 fully saturated rings. The Morgan fingerprint density at radius 1 is 1.29 bits per heavy atom. The van der Waals surface area contributed by atoms with Crippen LogP contribution in [0.4, 0.5) is 10.3 Å². The van der Waals surface area contributed by atoms with Crippen molar-refractivity contribution in [3.05, 3.63) is 42.0 Å². The molecular formula is C12H14FN5O2S. The van der Waals surface area contributed by atoms with Crippen LogP contribution in [-0.2, 0) is 16.6 Å². The average molecular weight is 311 g/mol. The van der Waals surface area contributed by atoms with Crippen molar-refractivity contribution in [3.63, 3.8) is 0 Å². The van der Waals surface area contributed by atoms with E-state index < -0.39 is 20.7 Å². The fourth-order valence-corrected chi connectivity index (χ4v) is 2.68. The first kappa shape index (κ1) is 15.3. The standard InChI is InChI=1S/C12H14FN5O2S/c1-2-14-8-9-3-4-10(13)11(7-9)21(19,20)18-12-15-5-6-16-17-12/h3-7,14H,2,8H2,1H3,(H,15,17,18). The summed E-state index contributed by atoms with van der Waals surface area (Å²) in [4.78, 5) is 3.24. The van der Waals surface area contributed by atoms with Gasteiger partial charge in [0.15, 0.2) is 0 Å². The second kappa shape index (κ2) is 6.55. The van der Waals surface area contributed by atoms with E-state index >= 15 is 0 Å². The molecule has 0 spiro atoms. The monoisotopic (exact) mass is 311 g/mol. The van der Waals surface area contributed by atoms with Crippen molar-refractivity contribution in [3.8, 4) is 0 Å². The molecule has 1 aromatic carbocycles. The molecule has 1 heterocycles. The number of anilines is 1. The Labute approximate surface area is 121 Å². The minimum Gasteiger partial charge on any atom is -0.313 e. The topological polar surface area (TPSA) is 96.9 Å². The molecule has 9 heteroatoms. The average Bonchev–Trinajstić information content (AvgIpc) is 2.47. The van der Waals surface area contributed by atoms with Crippen molar-refractivity contribution < 1.29 is 12.8 Å². The highest BCUT2D eigenvalue weighted by Crippen LogP contribution is 2.18. The summed E-state index contributed by atoms with van der Waals surface area (Å²) in [5.74, 6) is -1.05. The molecule has 7 nitrogen and oxygen atoms in total. The summed E-state index contributed by atoms with van der Waals surface area (Å²) in [6.45, 7) is 3.09. The lowest BCUT2D eigenvalue weighted by atomic mass is 10.2. The van der Waals surface area contributed by atoms with Crippen LogP contribution in [0.5, 0.6) is 0 Å². The molecule has 0 amide bonds. The Kier molecular flexibility index (Phi) is 4.76. The molecule has 0 aliphatic rings. The number of nitrogens with one attached hydrogen (secondary N) is 2. The molecule has 112 valence electrons. The fraction of sp³-hybridized carbons (Fsp3) is 0.250. The van der Waals surface area contributed by atoms with Gasteiger partial charge in [-0.15, -0.1) is 5.10 Å². The van der Waals surface area contributed by atoms with E-state index in [0.29, 0.717) is 12.1 Å². The summed E-state index contributed by atoms with van der Waals surface area (Å²) in [6.07, 6.45) is 2.58. The van der Waals surface area contributed by atoms with Crippen molar-refractivity contribution in [1.82, 2.24) is 20.5 Å². The Morgan fingerprint density at radius 2 is 2.10 bits per heavy atom. The maximum atomic E-state index is 13.8. The Bertz CT molecular complexity index is 709. The van der Waals surface area contributed by atoms with Gasteiger partial charge in [-0.05, 0) is 24.2 Å². The maximum absolute atomic E-state index is 13.8. The van der Waals surface area contributed by atoms with Gasteiger partial charge in [0.25, 0.3) is 16.0 Å². The Balaban J connectivity index is 2.30. The van der Waals surface area contributed by atoms with E-state index in [0.717, 1.165) is 12.6 Å². The second-order valence-corrected chi connectivity index (χ2v) is 5.77. The summed E-state index contributed by atoms with van der Waals surface area (Å²) >= 11 is 0. The zero-order valence-corrected chi connectivity index (χ0v) is 12.1. The van der Waals surface area contributed by atoms with Crippen LogP contribution >= 0.6 is 0 Å². The third-order valence-corrected chi connectivity index (χ3v) is 3.92. The van der Waals surface area contributed by atoms with Crippen LogP contribution in [0.3, 0.4) is 0 Å². The summed E-state index contributed by atoms with van der Waals surface area (Å²) in [5, 5.41) is 10.0. The molecule has 0 saturated heterocycles. The summed E-state index contributed by atoms with van der Waals surface area (Å²) in [6, 6.07) is 3.92. The number of nitrogens with zero attached hydrogens (tertiary/aromatic N) is 3. The number of hydrogen-bond donors (Lipinski definition) is 2. The molecule has 0 aliphatic carbocycles. The summed E-state index contributed by atoms with van der Waals surface area (Å²) in [7, 11) is -4.11. The van der Waals surface area contributed by atoms with E-state index in [4.69, 9.17) is 0 Å². The van der Waals surface area contributed by atoms with E-state index in [9.17, 15) is 12.8 Å².